The minimum Gasteiger partial charge on any atom is -0.457 e. The van der Waals surface area contributed by atoms with Gasteiger partial charge in [0.1, 0.15) is 17.5 Å². The first-order valence-corrected chi connectivity index (χ1v) is 9.72. The molecule has 4 nitrogen and oxygen atoms in total. The molecule has 0 fully saturated rings. The van der Waals surface area contributed by atoms with Crippen LogP contribution in [0.4, 0.5) is 17.6 Å². The number of carbonyl (C=O) groups is 2. The molecule has 1 N–H and O–H groups in total. The van der Waals surface area contributed by atoms with E-state index in [1.54, 1.807) is 18.2 Å². The molecule has 1 aliphatic heterocycles. The molecule has 0 aromatic heterocycles. The number of Topliss-reactive ketones (excluding diaryl/α,β-unsaturated/α-hetero) is 2. The molecule has 4 rings (SSSR count). The highest BCUT2D eigenvalue weighted by Gasteiger charge is 2.68. The maximum absolute atomic E-state index is 14.2. The largest absolute Gasteiger partial charge is 0.457 e. The quantitative estimate of drug-likeness (QED) is 0.562. The second kappa shape index (κ2) is 7.60. The van der Waals surface area contributed by atoms with Crippen molar-refractivity contribution in [3.05, 3.63) is 82.9 Å². The number of alkyl halides is 3. The van der Waals surface area contributed by atoms with Crippen LogP contribution in [0.15, 0.2) is 65.9 Å². The van der Waals surface area contributed by atoms with Crippen molar-refractivity contribution in [1.29, 1.82) is 0 Å². The summed E-state index contributed by atoms with van der Waals surface area (Å²) in [5.41, 5.74) is 0.0226. The monoisotopic (exact) mass is 434 g/mol. The van der Waals surface area contributed by atoms with Crippen LogP contribution >= 0.6 is 0 Å². The van der Waals surface area contributed by atoms with E-state index in [4.69, 9.17) is 4.74 Å². The fourth-order valence-corrected chi connectivity index (χ4v) is 4.31. The molecule has 2 aromatic rings. The van der Waals surface area contributed by atoms with Crippen LogP contribution in [0.3, 0.4) is 0 Å². The number of hydrogen-bond donors (Lipinski definition) is 1. The van der Waals surface area contributed by atoms with Crippen molar-refractivity contribution in [2.24, 2.45) is 5.92 Å². The average Bonchev–Trinajstić information content (AvgIpc) is 2.73. The van der Waals surface area contributed by atoms with Crippen LogP contribution in [-0.4, -0.2) is 28.6 Å². The van der Waals surface area contributed by atoms with Gasteiger partial charge in [-0.25, -0.2) is 4.39 Å². The Morgan fingerprint density at radius 2 is 1.68 bits per heavy atom. The van der Waals surface area contributed by atoms with Crippen LogP contribution in [-0.2, 0) is 9.53 Å². The molecule has 0 amide bonds. The molecule has 2 aromatic carbocycles. The Kier molecular flexibility index (Phi) is 5.21. The van der Waals surface area contributed by atoms with Crippen molar-refractivity contribution in [3.63, 3.8) is 0 Å². The lowest BCUT2D eigenvalue weighted by Crippen LogP contribution is -2.60. The molecule has 1 heterocycles. The Bertz CT molecular complexity index is 1040. The van der Waals surface area contributed by atoms with Crippen molar-refractivity contribution in [1.82, 2.24) is 0 Å². The van der Waals surface area contributed by atoms with E-state index in [0.717, 1.165) is 24.3 Å². The number of hydrogen-bond acceptors (Lipinski definition) is 4. The fraction of sp³-hybridized carbons (Fsp3) is 0.304. The topological polar surface area (TPSA) is 63.6 Å². The van der Waals surface area contributed by atoms with Crippen molar-refractivity contribution in [3.8, 4) is 0 Å². The van der Waals surface area contributed by atoms with Crippen LogP contribution in [0.1, 0.15) is 41.1 Å². The Hall–Kier alpha value is -3.00. The number of carbonyl (C=O) groups excluding carboxylic acids is 2. The molecule has 0 saturated carbocycles. The van der Waals surface area contributed by atoms with Crippen molar-refractivity contribution in [2.75, 3.05) is 0 Å². The maximum atomic E-state index is 14.2. The van der Waals surface area contributed by atoms with Gasteiger partial charge in [-0.3, -0.25) is 9.59 Å². The molecule has 1 aliphatic carbocycles. The van der Waals surface area contributed by atoms with E-state index in [-0.39, 0.29) is 41.7 Å². The van der Waals surface area contributed by atoms with Crippen LogP contribution in [0, 0.1) is 11.7 Å². The summed E-state index contributed by atoms with van der Waals surface area (Å²) in [5, 5.41) is 10.8. The van der Waals surface area contributed by atoms with Crippen LogP contribution in [0.5, 0.6) is 0 Å². The van der Waals surface area contributed by atoms with E-state index in [0.29, 0.717) is 0 Å². The Balaban J connectivity index is 1.97. The summed E-state index contributed by atoms with van der Waals surface area (Å²) >= 11 is 0. The van der Waals surface area contributed by atoms with Crippen molar-refractivity contribution < 1.29 is 37.0 Å². The van der Waals surface area contributed by atoms with Crippen LogP contribution < -0.4 is 0 Å². The maximum Gasteiger partial charge on any atom is 0.456 e. The minimum absolute atomic E-state index is 0.0214. The van der Waals surface area contributed by atoms with Gasteiger partial charge in [0, 0.05) is 29.9 Å². The highest BCUT2D eigenvalue weighted by atomic mass is 19.4. The summed E-state index contributed by atoms with van der Waals surface area (Å²) in [7, 11) is 0. The van der Waals surface area contributed by atoms with Gasteiger partial charge in [-0.2, -0.15) is 13.2 Å². The number of ether oxygens (including phenoxy) is 1. The number of halogens is 4. The first-order chi connectivity index (χ1) is 14.6. The zero-order chi connectivity index (χ0) is 22.4. The molecule has 31 heavy (non-hydrogen) atoms. The van der Waals surface area contributed by atoms with Gasteiger partial charge in [-0.15, -0.1) is 0 Å². The van der Waals surface area contributed by atoms with Gasteiger partial charge < -0.3 is 9.84 Å². The van der Waals surface area contributed by atoms with Gasteiger partial charge >= 0.3 is 12.0 Å². The third-order valence-corrected chi connectivity index (χ3v) is 5.73. The highest BCUT2D eigenvalue weighted by Crippen LogP contribution is 2.54. The molecule has 3 atom stereocenters. The number of benzene rings is 2. The molecule has 0 spiro atoms. The Morgan fingerprint density at radius 1 is 1.03 bits per heavy atom. The Morgan fingerprint density at radius 3 is 2.29 bits per heavy atom. The number of allylic oxidation sites excluding steroid dienone is 2. The second-order valence-electron chi connectivity index (χ2n) is 7.65. The van der Waals surface area contributed by atoms with Crippen molar-refractivity contribution in [2.45, 2.75) is 37.1 Å². The molecule has 0 bridgehead atoms. The smallest absolute Gasteiger partial charge is 0.456 e. The lowest BCUT2D eigenvalue weighted by Gasteiger charge is -2.46. The third kappa shape index (κ3) is 3.54. The van der Waals surface area contributed by atoms with Crippen LogP contribution in [0.2, 0.25) is 0 Å². The molecular formula is C23H18F4O4. The van der Waals surface area contributed by atoms with Gasteiger partial charge in [0.15, 0.2) is 11.6 Å². The van der Waals surface area contributed by atoms with Crippen LogP contribution in [0.25, 0.3) is 0 Å². The fourth-order valence-electron chi connectivity index (χ4n) is 4.31. The van der Waals surface area contributed by atoms with Gasteiger partial charge in [0.2, 0.25) is 0 Å². The summed E-state index contributed by atoms with van der Waals surface area (Å²) in [4.78, 5) is 26.1. The standard InChI is InChI=1S/C23H18F4O4/c24-15-11-9-14(10-12-15)21(29)20-18(13-5-2-1-3-6-13)19-16(28)7-4-8-17(19)31-22(20,30)23(25,26)27/h1-3,5-6,9-12,18,20,30H,4,7-8H2. The van der Waals surface area contributed by atoms with Gasteiger partial charge in [-0.05, 0) is 36.2 Å². The van der Waals surface area contributed by atoms with Gasteiger partial charge in [0.05, 0.1) is 0 Å². The molecule has 0 radical (unpaired) electrons. The number of aliphatic hydroxyl groups is 1. The SMILES string of the molecule is O=C1CCCC2=C1C(c1ccccc1)C(C(=O)c1ccc(F)cc1)C(O)(C(F)(F)F)O2. The summed E-state index contributed by atoms with van der Waals surface area (Å²) in [5.74, 6) is -9.85. The second-order valence-corrected chi connectivity index (χ2v) is 7.65. The minimum atomic E-state index is -5.33. The third-order valence-electron chi connectivity index (χ3n) is 5.73. The zero-order valence-corrected chi connectivity index (χ0v) is 16.2. The number of ketones is 2. The first kappa shape index (κ1) is 21.2. The van der Waals surface area contributed by atoms with E-state index in [1.807, 2.05) is 0 Å². The zero-order valence-electron chi connectivity index (χ0n) is 16.2. The molecule has 162 valence electrons. The van der Waals surface area contributed by atoms with E-state index in [2.05, 4.69) is 0 Å². The molecule has 8 heteroatoms. The summed E-state index contributed by atoms with van der Waals surface area (Å²) < 4.78 is 60.9. The molecule has 3 unspecified atom stereocenters. The highest BCUT2D eigenvalue weighted by molar-refractivity contribution is 6.04. The van der Waals surface area contributed by atoms with Gasteiger partial charge in [0.25, 0.3) is 0 Å². The molecule has 0 saturated heterocycles. The molecule has 2 aliphatic rings. The molecular weight excluding hydrogens is 416 g/mol. The lowest BCUT2D eigenvalue weighted by molar-refractivity contribution is -0.374. The van der Waals surface area contributed by atoms with Crippen molar-refractivity contribution >= 4 is 11.6 Å². The Labute approximate surface area is 175 Å². The summed E-state index contributed by atoms with van der Waals surface area (Å²) in [6.07, 6.45) is -4.91. The van der Waals surface area contributed by atoms with Gasteiger partial charge in [-0.1, -0.05) is 30.3 Å². The summed E-state index contributed by atoms with van der Waals surface area (Å²) in [6.45, 7) is 0. The predicted molar refractivity (Wildman–Crippen MR) is 101 cm³/mol. The van der Waals surface area contributed by atoms with E-state index < -0.39 is 41.2 Å². The number of rotatable bonds is 3. The van der Waals surface area contributed by atoms with E-state index >= 15 is 0 Å². The summed E-state index contributed by atoms with van der Waals surface area (Å²) in [6, 6.07) is 11.8. The van der Waals surface area contributed by atoms with E-state index in [1.165, 1.54) is 12.1 Å². The predicted octanol–water partition coefficient (Wildman–Crippen LogP) is 4.70. The normalized spacial score (nSPS) is 26.3. The average molecular weight is 434 g/mol. The van der Waals surface area contributed by atoms with E-state index in [9.17, 15) is 32.3 Å². The first-order valence-electron chi connectivity index (χ1n) is 9.72. The lowest BCUT2D eigenvalue weighted by atomic mass is 9.67.